The lowest BCUT2D eigenvalue weighted by molar-refractivity contribution is -0.160. The molecule has 4 aliphatic rings. The fourth-order valence-electron chi connectivity index (χ4n) is 4.30. The molecule has 78 valence electrons. The van der Waals surface area contributed by atoms with E-state index in [-0.39, 0.29) is 17.4 Å². The van der Waals surface area contributed by atoms with Crippen LogP contribution in [0.5, 0.6) is 0 Å². The Kier molecular flexibility index (Phi) is 1.56. The Labute approximate surface area is 83.7 Å². The van der Waals surface area contributed by atoms with Crippen LogP contribution in [0.15, 0.2) is 0 Å². The number of aliphatic hydroxyl groups excluding tert-OH is 1. The molecule has 4 aliphatic carbocycles. The average molecular weight is 195 g/mol. The number of aliphatic hydroxyl groups is 1. The molecule has 3 nitrogen and oxygen atoms in total. The second-order valence-corrected chi connectivity index (χ2v) is 5.61. The molecule has 1 amide bonds. The van der Waals surface area contributed by atoms with Gasteiger partial charge in [-0.3, -0.25) is 4.79 Å². The highest BCUT2D eigenvalue weighted by Gasteiger charge is 2.57. The van der Waals surface area contributed by atoms with Crippen molar-refractivity contribution in [3.63, 3.8) is 0 Å². The Hall–Kier alpha value is -0.570. The molecule has 14 heavy (non-hydrogen) atoms. The van der Waals surface area contributed by atoms with Crippen LogP contribution in [0, 0.1) is 23.2 Å². The minimum Gasteiger partial charge on any atom is -0.393 e. The lowest BCUT2D eigenvalue weighted by Crippen LogP contribution is -2.57. The highest BCUT2D eigenvalue weighted by molar-refractivity contribution is 5.81. The lowest BCUT2D eigenvalue weighted by atomic mass is 9.48. The van der Waals surface area contributed by atoms with Crippen molar-refractivity contribution in [2.45, 2.75) is 38.2 Å². The summed E-state index contributed by atoms with van der Waals surface area (Å²) in [7, 11) is 0. The number of carbonyl (C=O) groups is 1. The van der Waals surface area contributed by atoms with Gasteiger partial charge in [-0.15, -0.1) is 0 Å². The predicted molar refractivity (Wildman–Crippen MR) is 51.2 cm³/mol. The summed E-state index contributed by atoms with van der Waals surface area (Å²) in [5.41, 5.74) is 5.28. The Bertz CT molecular complexity index is 273. The molecule has 0 radical (unpaired) electrons. The summed E-state index contributed by atoms with van der Waals surface area (Å²) in [4.78, 5) is 11.5. The van der Waals surface area contributed by atoms with Gasteiger partial charge in [-0.25, -0.2) is 0 Å². The first-order valence-corrected chi connectivity index (χ1v) is 5.59. The van der Waals surface area contributed by atoms with E-state index >= 15 is 0 Å². The molecule has 2 unspecified atom stereocenters. The third-order valence-electron chi connectivity index (χ3n) is 4.75. The average Bonchev–Trinajstić information content (AvgIpc) is 2.12. The molecule has 0 heterocycles. The first kappa shape index (κ1) is 8.72. The zero-order valence-corrected chi connectivity index (χ0v) is 8.28. The quantitative estimate of drug-likeness (QED) is 0.645. The summed E-state index contributed by atoms with van der Waals surface area (Å²) in [5.74, 6) is 1.25. The first-order valence-electron chi connectivity index (χ1n) is 5.59. The Balaban J connectivity index is 1.96. The van der Waals surface area contributed by atoms with Crippen molar-refractivity contribution in [2.24, 2.45) is 28.9 Å². The largest absolute Gasteiger partial charge is 0.393 e. The highest BCUT2D eigenvalue weighted by atomic mass is 16.3. The normalized spacial score (nSPS) is 54.9. The van der Waals surface area contributed by atoms with E-state index in [9.17, 15) is 9.90 Å². The standard InChI is InChI=1S/C11H17NO2/c12-10(14)11-3-6-1-7(4-11)9(13)8(2-6)5-11/h6-9,13H,1-5H2,(H2,12,14). The summed E-state index contributed by atoms with van der Waals surface area (Å²) in [6, 6.07) is 0. The summed E-state index contributed by atoms with van der Waals surface area (Å²) in [6.07, 6.45) is 4.76. The van der Waals surface area contributed by atoms with Gasteiger partial charge < -0.3 is 10.8 Å². The summed E-state index contributed by atoms with van der Waals surface area (Å²) >= 11 is 0. The van der Waals surface area contributed by atoms with Gasteiger partial charge in [-0.05, 0) is 49.9 Å². The maximum Gasteiger partial charge on any atom is 0.223 e. The zero-order valence-electron chi connectivity index (χ0n) is 8.28. The van der Waals surface area contributed by atoms with Crippen LogP contribution < -0.4 is 5.73 Å². The Morgan fingerprint density at radius 1 is 1.21 bits per heavy atom. The van der Waals surface area contributed by atoms with E-state index in [0.717, 1.165) is 32.1 Å². The van der Waals surface area contributed by atoms with E-state index in [1.807, 2.05) is 0 Å². The topological polar surface area (TPSA) is 63.3 Å². The summed E-state index contributed by atoms with van der Waals surface area (Å²) in [5, 5.41) is 9.97. The predicted octanol–water partition coefficient (Wildman–Crippen LogP) is 0.659. The van der Waals surface area contributed by atoms with Gasteiger partial charge in [0.2, 0.25) is 5.91 Å². The number of primary amides is 1. The maximum atomic E-state index is 11.5. The van der Waals surface area contributed by atoms with E-state index in [1.54, 1.807) is 0 Å². The molecule has 2 atom stereocenters. The number of hydrogen-bond donors (Lipinski definition) is 2. The van der Waals surface area contributed by atoms with E-state index in [2.05, 4.69) is 0 Å². The number of hydrogen-bond acceptors (Lipinski definition) is 2. The van der Waals surface area contributed by atoms with Gasteiger partial charge in [0.15, 0.2) is 0 Å². The van der Waals surface area contributed by atoms with Crippen molar-refractivity contribution in [3.05, 3.63) is 0 Å². The van der Waals surface area contributed by atoms with Gasteiger partial charge in [0.1, 0.15) is 0 Å². The van der Waals surface area contributed by atoms with Crippen LogP contribution in [0.3, 0.4) is 0 Å². The number of nitrogens with two attached hydrogens (primary N) is 1. The van der Waals surface area contributed by atoms with E-state index in [1.165, 1.54) is 0 Å². The molecular formula is C11H17NO2. The minimum atomic E-state index is -0.240. The van der Waals surface area contributed by atoms with Gasteiger partial charge >= 0.3 is 0 Å². The smallest absolute Gasteiger partial charge is 0.223 e. The first-order chi connectivity index (χ1) is 6.61. The second-order valence-electron chi connectivity index (χ2n) is 5.61. The second kappa shape index (κ2) is 2.51. The molecule has 0 aromatic heterocycles. The molecule has 0 aromatic rings. The van der Waals surface area contributed by atoms with Crippen LogP contribution in [0.25, 0.3) is 0 Å². The third kappa shape index (κ3) is 0.937. The highest BCUT2D eigenvalue weighted by Crippen LogP contribution is 2.59. The van der Waals surface area contributed by atoms with Crippen molar-refractivity contribution in [2.75, 3.05) is 0 Å². The molecule has 0 aliphatic heterocycles. The summed E-state index contributed by atoms with van der Waals surface area (Å²) in [6.45, 7) is 0. The van der Waals surface area contributed by atoms with Crippen LogP contribution in [-0.2, 0) is 4.79 Å². The molecule has 0 saturated heterocycles. The summed E-state index contributed by atoms with van der Waals surface area (Å²) < 4.78 is 0. The molecule has 3 N–H and O–H groups in total. The van der Waals surface area contributed by atoms with Crippen LogP contribution in [0.2, 0.25) is 0 Å². The molecule has 4 rings (SSSR count). The van der Waals surface area contributed by atoms with Gasteiger partial charge in [0.05, 0.1) is 6.10 Å². The Morgan fingerprint density at radius 2 is 1.79 bits per heavy atom. The maximum absolute atomic E-state index is 11.5. The van der Waals surface area contributed by atoms with Crippen molar-refractivity contribution >= 4 is 5.91 Å². The van der Waals surface area contributed by atoms with Crippen molar-refractivity contribution < 1.29 is 9.90 Å². The molecule has 0 spiro atoms. The van der Waals surface area contributed by atoms with Gasteiger partial charge in [0.25, 0.3) is 0 Å². The molecular weight excluding hydrogens is 178 g/mol. The van der Waals surface area contributed by atoms with Crippen molar-refractivity contribution in [3.8, 4) is 0 Å². The Morgan fingerprint density at radius 3 is 2.29 bits per heavy atom. The fourth-order valence-corrected chi connectivity index (χ4v) is 4.30. The zero-order chi connectivity index (χ0) is 9.92. The van der Waals surface area contributed by atoms with Gasteiger partial charge in [0, 0.05) is 5.41 Å². The number of rotatable bonds is 1. The van der Waals surface area contributed by atoms with Crippen LogP contribution in [0.1, 0.15) is 32.1 Å². The number of carbonyl (C=O) groups excluding carboxylic acids is 1. The van der Waals surface area contributed by atoms with E-state index in [0.29, 0.717) is 17.8 Å². The van der Waals surface area contributed by atoms with Gasteiger partial charge in [-0.1, -0.05) is 0 Å². The van der Waals surface area contributed by atoms with E-state index in [4.69, 9.17) is 5.73 Å². The minimum absolute atomic E-state index is 0.121. The van der Waals surface area contributed by atoms with Crippen LogP contribution >= 0.6 is 0 Å². The fraction of sp³-hybridized carbons (Fsp3) is 0.909. The SMILES string of the molecule is NC(=O)C12CC3CC(C1)C(O)C(C3)C2. The third-order valence-corrected chi connectivity index (χ3v) is 4.75. The van der Waals surface area contributed by atoms with Crippen LogP contribution in [-0.4, -0.2) is 17.1 Å². The van der Waals surface area contributed by atoms with Gasteiger partial charge in [-0.2, -0.15) is 0 Å². The lowest BCUT2D eigenvalue weighted by Gasteiger charge is -2.57. The molecule has 4 bridgehead atoms. The molecule has 3 heteroatoms. The van der Waals surface area contributed by atoms with Crippen LogP contribution in [0.4, 0.5) is 0 Å². The molecule has 4 fully saturated rings. The molecule has 0 aromatic carbocycles. The van der Waals surface area contributed by atoms with Crippen molar-refractivity contribution in [1.82, 2.24) is 0 Å². The molecule has 4 saturated carbocycles. The van der Waals surface area contributed by atoms with Crippen molar-refractivity contribution in [1.29, 1.82) is 0 Å². The van der Waals surface area contributed by atoms with E-state index < -0.39 is 0 Å². The number of amides is 1. The monoisotopic (exact) mass is 195 g/mol.